The van der Waals surface area contributed by atoms with Gasteiger partial charge in [-0.15, -0.1) is 13.2 Å². The van der Waals surface area contributed by atoms with Crippen LogP contribution in [0.15, 0.2) is 47.2 Å². The Balaban J connectivity index is 1.14. The van der Waals surface area contributed by atoms with E-state index in [9.17, 15) is 17.6 Å². The van der Waals surface area contributed by atoms with Crippen molar-refractivity contribution in [3.05, 3.63) is 54.2 Å². The number of pyridine rings is 1. The van der Waals surface area contributed by atoms with Crippen molar-refractivity contribution in [2.75, 3.05) is 36.5 Å². The molecular weight excluding hydrogens is 508 g/mol. The zero-order chi connectivity index (χ0) is 26.1. The van der Waals surface area contributed by atoms with Gasteiger partial charge in [0.1, 0.15) is 6.17 Å². The number of halogens is 4. The highest BCUT2D eigenvalue weighted by Gasteiger charge is 2.49. The van der Waals surface area contributed by atoms with E-state index in [4.69, 9.17) is 9.26 Å². The van der Waals surface area contributed by atoms with Crippen LogP contribution < -0.4 is 15.0 Å². The summed E-state index contributed by atoms with van der Waals surface area (Å²) in [6, 6.07) is 8.06. The Kier molecular flexibility index (Phi) is 5.09. The summed E-state index contributed by atoms with van der Waals surface area (Å²) in [5.74, 6) is -0.490. The van der Waals surface area contributed by atoms with Gasteiger partial charge in [-0.2, -0.15) is 10.1 Å². The first kappa shape index (κ1) is 23.3. The molecule has 9 nitrogen and oxygen atoms in total. The number of nitrogens with zero attached hydrogens (tertiary/aromatic N) is 5. The Morgan fingerprint density at radius 1 is 1.16 bits per heavy atom. The van der Waals surface area contributed by atoms with Crippen molar-refractivity contribution < 1.29 is 31.6 Å². The fraction of sp³-hybridized carbons (Fsp3) is 0.400. The van der Waals surface area contributed by atoms with Crippen molar-refractivity contribution in [1.82, 2.24) is 19.8 Å². The van der Waals surface area contributed by atoms with Gasteiger partial charge in [0.05, 0.1) is 41.9 Å². The molecule has 0 bridgehead atoms. The quantitative estimate of drug-likeness (QED) is 0.348. The standard InChI is InChI=1S/C25H22F4N6O3/c26-18-7-17(18)23-32-22(33-38-23)14-1-2-21(37-25(27,28)29)19(5-14)30-8-15-9-31-35-4-3-16(6-20(15)35)34-10-24(11-34)12-36-13-24/h1-6,9,17-18,30H,7-8,10-13H2/t17-,18-/m0/s1. The zero-order valence-electron chi connectivity index (χ0n) is 19.9. The van der Waals surface area contributed by atoms with Crippen LogP contribution in [0.2, 0.25) is 0 Å². The van der Waals surface area contributed by atoms with Crippen LogP contribution in [-0.4, -0.2) is 58.6 Å². The first-order valence-corrected chi connectivity index (χ1v) is 12.2. The van der Waals surface area contributed by atoms with Gasteiger partial charge in [0, 0.05) is 42.6 Å². The number of nitrogens with one attached hydrogen (secondary N) is 1. The van der Waals surface area contributed by atoms with Crippen LogP contribution in [0, 0.1) is 5.41 Å². The maximum atomic E-state index is 13.4. The van der Waals surface area contributed by atoms with Crippen LogP contribution in [0.5, 0.6) is 5.75 Å². The van der Waals surface area contributed by atoms with Crippen LogP contribution in [-0.2, 0) is 11.3 Å². The molecule has 3 aliphatic rings. The highest BCUT2D eigenvalue weighted by Crippen LogP contribution is 2.43. The number of aromatic nitrogens is 4. The Bertz CT molecular complexity index is 1510. The van der Waals surface area contributed by atoms with Gasteiger partial charge in [-0.05, 0) is 36.8 Å². The van der Waals surface area contributed by atoms with Gasteiger partial charge in [0.25, 0.3) is 0 Å². The molecule has 198 valence electrons. The molecule has 0 radical (unpaired) electrons. The highest BCUT2D eigenvalue weighted by atomic mass is 19.4. The lowest BCUT2D eigenvalue weighted by Gasteiger charge is -2.56. The topological polar surface area (TPSA) is 90.0 Å². The highest BCUT2D eigenvalue weighted by molar-refractivity contribution is 5.69. The smallest absolute Gasteiger partial charge is 0.404 e. The van der Waals surface area contributed by atoms with Crippen molar-refractivity contribution in [3.63, 3.8) is 0 Å². The molecule has 2 aliphatic heterocycles. The minimum atomic E-state index is -4.88. The van der Waals surface area contributed by atoms with Crippen LogP contribution in [0.4, 0.5) is 28.9 Å². The second-order valence-electron chi connectivity index (χ2n) is 10.2. The zero-order valence-corrected chi connectivity index (χ0v) is 19.9. The van der Waals surface area contributed by atoms with Crippen LogP contribution in [0.25, 0.3) is 16.9 Å². The number of anilines is 2. The van der Waals surface area contributed by atoms with E-state index in [1.807, 2.05) is 18.3 Å². The van der Waals surface area contributed by atoms with E-state index < -0.39 is 24.2 Å². The molecule has 1 N–H and O–H groups in total. The van der Waals surface area contributed by atoms with Crippen LogP contribution in [0.1, 0.15) is 23.8 Å². The molecular formula is C25H22F4N6O3. The third kappa shape index (κ3) is 4.20. The number of ether oxygens (including phenoxy) is 2. The maximum Gasteiger partial charge on any atom is 0.573 e. The molecule has 1 aliphatic carbocycles. The molecule has 0 amide bonds. The molecule has 13 heteroatoms. The lowest BCUT2D eigenvalue weighted by atomic mass is 9.78. The number of rotatable bonds is 7. The number of alkyl halides is 4. The molecule has 7 rings (SSSR count). The Morgan fingerprint density at radius 2 is 1.97 bits per heavy atom. The first-order valence-electron chi connectivity index (χ1n) is 12.2. The molecule has 3 fully saturated rings. The molecule has 0 unspecified atom stereocenters. The Morgan fingerprint density at radius 3 is 2.68 bits per heavy atom. The largest absolute Gasteiger partial charge is 0.573 e. The van der Waals surface area contributed by atoms with Gasteiger partial charge in [-0.25, -0.2) is 8.91 Å². The van der Waals surface area contributed by atoms with Crippen molar-refractivity contribution in [1.29, 1.82) is 0 Å². The lowest BCUT2D eigenvalue weighted by Crippen LogP contribution is -2.66. The number of hydrogen-bond donors (Lipinski definition) is 1. The van der Waals surface area contributed by atoms with Crippen molar-refractivity contribution in [3.8, 4) is 17.1 Å². The third-order valence-electron chi connectivity index (χ3n) is 7.22. The summed E-state index contributed by atoms with van der Waals surface area (Å²) in [5.41, 5.74) is 3.44. The second kappa shape index (κ2) is 8.32. The molecule has 2 saturated heterocycles. The monoisotopic (exact) mass is 530 g/mol. The van der Waals surface area contributed by atoms with E-state index in [0.29, 0.717) is 12.0 Å². The van der Waals surface area contributed by atoms with E-state index in [2.05, 4.69) is 30.2 Å². The predicted molar refractivity (Wildman–Crippen MR) is 127 cm³/mol. The first-order chi connectivity index (χ1) is 18.3. The van der Waals surface area contributed by atoms with Gasteiger partial charge < -0.3 is 24.2 Å². The van der Waals surface area contributed by atoms with Gasteiger partial charge in [-0.1, -0.05) is 5.16 Å². The number of hydrogen-bond acceptors (Lipinski definition) is 8. The summed E-state index contributed by atoms with van der Waals surface area (Å²) in [6.07, 6.45) is -2.03. The fourth-order valence-corrected chi connectivity index (χ4v) is 5.01. The average Bonchev–Trinajstić information content (AvgIpc) is 3.20. The summed E-state index contributed by atoms with van der Waals surface area (Å²) < 4.78 is 69.1. The Hall–Kier alpha value is -3.87. The molecule has 1 spiro atoms. The Labute approximate surface area is 213 Å². The minimum absolute atomic E-state index is 0.0890. The van der Waals surface area contributed by atoms with Crippen molar-refractivity contribution in [2.24, 2.45) is 5.41 Å². The van der Waals surface area contributed by atoms with E-state index in [-0.39, 0.29) is 29.4 Å². The summed E-state index contributed by atoms with van der Waals surface area (Å²) in [4.78, 5) is 6.49. The predicted octanol–water partition coefficient (Wildman–Crippen LogP) is 4.56. The molecule has 1 saturated carbocycles. The lowest BCUT2D eigenvalue weighted by molar-refractivity contribution is -0.274. The summed E-state index contributed by atoms with van der Waals surface area (Å²) in [5, 5.41) is 11.3. The van der Waals surface area contributed by atoms with Crippen LogP contribution in [0.3, 0.4) is 0 Å². The molecule has 1 aromatic carbocycles. The summed E-state index contributed by atoms with van der Waals surface area (Å²) >= 11 is 0. The van der Waals surface area contributed by atoms with E-state index in [1.165, 1.54) is 18.2 Å². The van der Waals surface area contributed by atoms with E-state index in [1.54, 1.807) is 10.7 Å². The number of benzene rings is 1. The van der Waals surface area contributed by atoms with E-state index in [0.717, 1.165) is 43.1 Å². The molecule has 3 aromatic heterocycles. The second-order valence-corrected chi connectivity index (χ2v) is 10.2. The molecule has 2 atom stereocenters. The SMILES string of the molecule is F[C@H]1C[C@@H]1c1nc(-c2ccc(OC(F)(F)F)c(NCc3cnn4ccc(N5CC6(COC6)C5)cc34)c2)no1. The van der Waals surface area contributed by atoms with E-state index >= 15 is 0 Å². The minimum Gasteiger partial charge on any atom is -0.404 e. The third-order valence-corrected chi connectivity index (χ3v) is 7.22. The average molecular weight is 530 g/mol. The van der Waals surface area contributed by atoms with Crippen LogP contribution >= 0.6 is 0 Å². The van der Waals surface area contributed by atoms with Gasteiger partial charge in [0.15, 0.2) is 5.75 Å². The van der Waals surface area contributed by atoms with Crippen molar-refractivity contribution >= 4 is 16.9 Å². The van der Waals surface area contributed by atoms with Crippen molar-refractivity contribution in [2.45, 2.75) is 31.4 Å². The summed E-state index contributed by atoms with van der Waals surface area (Å²) in [6.45, 7) is 3.63. The molecule has 5 heterocycles. The molecule has 4 aromatic rings. The number of fused-ring (bicyclic) bond motifs is 1. The van der Waals surface area contributed by atoms with Gasteiger partial charge in [0.2, 0.25) is 11.7 Å². The van der Waals surface area contributed by atoms with Gasteiger partial charge >= 0.3 is 6.36 Å². The van der Waals surface area contributed by atoms with Gasteiger partial charge in [-0.3, -0.25) is 0 Å². The maximum absolute atomic E-state index is 13.4. The fourth-order valence-electron chi connectivity index (χ4n) is 5.01. The normalized spacial score (nSPS) is 21.8. The summed E-state index contributed by atoms with van der Waals surface area (Å²) in [7, 11) is 0. The molecule has 38 heavy (non-hydrogen) atoms.